The van der Waals surface area contributed by atoms with Crippen molar-refractivity contribution in [3.63, 3.8) is 0 Å². The van der Waals surface area contributed by atoms with Crippen LogP contribution in [-0.4, -0.2) is 71.7 Å². The van der Waals surface area contributed by atoms with Gasteiger partial charge in [-0.25, -0.2) is 0 Å². The number of nitrogens with zero attached hydrogens (tertiary/aromatic N) is 2. The summed E-state index contributed by atoms with van der Waals surface area (Å²) in [5.74, 6) is 6.40. The van der Waals surface area contributed by atoms with Crippen molar-refractivity contribution in [3.8, 4) is 17.6 Å². The van der Waals surface area contributed by atoms with Gasteiger partial charge in [0.2, 0.25) is 5.91 Å². The Morgan fingerprint density at radius 1 is 1.17 bits per heavy atom. The van der Waals surface area contributed by atoms with Gasteiger partial charge in [0.25, 0.3) is 5.91 Å². The van der Waals surface area contributed by atoms with Crippen molar-refractivity contribution < 1.29 is 24.2 Å². The molecule has 1 N–H and O–H groups in total. The molecule has 1 aliphatic heterocycles. The minimum absolute atomic E-state index is 0.00479. The Labute approximate surface area is 214 Å². The number of benzene rings is 2. The first-order valence-electron chi connectivity index (χ1n) is 12.2. The average Bonchev–Trinajstić information content (AvgIpc) is 2.99. The highest BCUT2D eigenvalue weighted by molar-refractivity contribution is 5.96. The lowest BCUT2D eigenvalue weighted by Gasteiger charge is -2.26. The lowest BCUT2D eigenvalue weighted by atomic mass is 10.1. The van der Waals surface area contributed by atoms with Gasteiger partial charge in [0.1, 0.15) is 17.9 Å². The first-order chi connectivity index (χ1) is 17.0. The zero-order chi connectivity index (χ0) is 26.3. The maximum Gasteiger partial charge on any atom is 0.254 e. The third kappa shape index (κ3) is 8.11. The van der Waals surface area contributed by atoms with Gasteiger partial charge in [-0.05, 0) is 61.7 Å². The summed E-state index contributed by atoms with van der Waals surface area (Å²) in [4.78, 5) is 29.8. The maximum absolute atomic E-state index is 13.4. The summed E-state index contributed by atoms with van der Waals surface area (Å²) in [5.41, 5.74) is 1.03. The quantitative estimate of drug-likeness (QED) is 0.600. The molecule has 2 aromatic rings. The van der Waals surface area contributed by atoms with Crippen LogP contribution in [-0.2, 0) is 16.1 Å². The normalized spacial score (nSPS) is 16.4. The maximum atomic E-state index is 13.4. The molecule has 2 aromatic carbocycles. The van der Waals surface area contributed by atoms with E-state index in [1.54, 1.807) is 55.0 Å². The van der Waals surface area contributed by atoms with Crippen LogP contribution in [0.5, 0.6) is 5.75 Å². The molecule has 0 aliphatic carbocycles. The molecule has 3 rings (SSSR count). The van der Waals surface area contributed by atoms with Gasteiger partial charge in [-0.2, -0.15) is 0 Å². The molecule has 7 heteroatoms. The summed E-state index contributed by atoms with van der Waals surface area (Å²) >= 11 is 0. The fourth-order valence-electron chi connectivity index (χ4n) is 3.94. The summed E-state index contributed by atoms with van der Waals surface area (Å²) in [5, 5.41) is 9.80. The molecule has 0 bridgehead atoms. The Bertz CT molecular complexity index is 1110. The van der Waals surface area contributed by atoms with Gasteiger partial charge in [0.05, 0.1) is 19.8 Å². The molecule has 1 atom stereocenters. The molecule has 0 radical (unpaired) electrons. The number of carbonyl (C=O) groups excluding carboxylic acids is 2. The third-order valence-electron chi connectivity index (χ3n) is 5.66. The molecule has 0 saturated carbocycles. The monoisotopic (exact) mass is 492 g/mol. The summed E-state index contributed by atoms with van der Waals surface area (Å²) in [6.07, 6.45) is -0.331. The van der Waals surface area contributed by atoms with Gasteiger partial charge in [0.15, 0.2) is 0 Å². The predicted octanol–water partition coefficient (Wildman–Crippen LogP) is 3.34. The van der Waals surface area contributed by atoms with Crippen LogP contribution in [0.15, 0.2) is 48.5 Å². The number of hydrogen-bond donors (Lipinski definition) is 1. The van der Waals surface area contributed by atoms with Gasteiger partial charge in [-0.1, -0.05) is 37.8 Å². The van der Waals surface area contributed by atoms with Crippen LogP contribution >= 0.6 is 0 Å². The average molecular weight is 493 g/mol. The summed E-state index contributed by atoms with van der Waals surface area (Å²) in [7, 11) is 1.62. The highest BCUT2D eigenvalue weighted by Crippen LogP contribution is 2.18. The van der Waals surface area contributed by atoms with Crippen molar-refractivity contribution in [2.24, 2.45) is 5.92 Å². The summed E-state index contributed by atoms with van der Waals surface area (Å²) < 4.78 is 11.5. The van der Waals surface area contributed by atoms with Gasteiger partial charge in [-0.15, -0.1) is 0 Å². The standard InChI is InChI=1S/C29H36N2O5/c1-21(2)16-30-17-26(36-20-23-7-6-8-25(15-23)35-5)18-31(19-27(30)32)28(33)24-11-9-22(10-12-24)13-14-29(3,4)34/h6-12,15,21,26,34H,16-20H2,1-5H3. The first kappa shape index (κ1) is 27.3. The van der Waals surface area contributed by atoms with Gasteiger partial charge >= 0.3 is 0 Å². The molecule has 1 aliphatic rings. The van der Waals surface area contributed by atoms with Crippen LogP contribution in [0.1, 0.15) is 49.2 Å². The lowest BCUT2D eigenvalue weighted by Crippen LogP contribution is -2.40. The number of hydrogen-bond acceptors (Lipinski definition) is 5. The second-order valence-electron chi connectivity index (χ2n) is 10.0. The first-order valence-corrected chi connectivity index (χ1v) is 12.2. The number of rotatable bonds is 7. The topological polar surface area (TPSA) is 79.3 Å². The molecule has 1 fully saturated rings. The van der Waals surface area contributed by atoms with E-state index in [1.807, 2.05) is 24.3 Å². The van der Waals surface area contributed by atoms with Crippen molar-refractivity contribution in [1.29, 1.82) is 0 Å². The molecular formula is C29H36N2O5. The Hall–Kier alpha value is -3.34. The van der Waals surface area contributed by atoms with Gasteiger partial charge in [-0.3, -0.25) is 9.59 Å². The number of methoxy groups -OCH3 is 1. The minimum atomic E-state index is -1.09. The minimum Gasteiger partial charge on any atom is -0.497 e. The Morgan fingerprint density at radius 2 is 1.89 bits per heavy atom. The molecule has 1 unspecified atom stereocenters. The van der Waals surface area contributed by atoms with Crippen LogP contribution in [0, 0.1) is 17.8 Å². The molecule has 2 amide bonds. The number of aliphatic hydroxyl groups is 1. The molecule has 0 aromatic heterocycles. The van der Waals surface area contributed by atoms with E-state index < -0.39 is 5.60 Å². The Balaban J connectivity index is 1.76. The number of carbonyl (C=O) groups is 2. The van der Waals surface area contributed by atoms with Crippen molar-refractivity contribution in [1.82, 2.24) is 9.80 Å². The van der Waals surface area contributed by atoms with E-state index >= 15 is 0 Å². The molecule has 1 heterocycles. The molecule has 1 saturated heterocycles. The Morgan fingerprint density at radius 3 is 2.53 bits per heavy atom. The van der Waals surface area contributed by atoms with Crippen LogP contribution < -0.4 is 4.74 Å². The van der Waals surface area contributed by atoms with E-state index in [2.05, 4.69) is 25.7 Å². The van der Waals surface area contributed by atoms with E-state index in [0.717, 1.165) is 11.3 Å². The Kier molecular flexibility index (Phi) is 9.14. The largest absolute Gasteiger partial charge is 0.497 e. The van der Waals surface area contributed by atoms with Crippen molar-refractivity contribution in [2.45, 2.75) is 46.0 Å². The van der Waals surface area contributed by atoms with E-state index in [-0.39, 0.29) is 24.5 Å². The van der Waals surface area contributed by atoms with Crippen LogP contribution in [0.25, 0.3) is 0 Å². The highest BCUT2D eigenvalue weighted by atomic mass is 16.5. The van der Waals surface area contributed by atoms with E-state index in [4.69, 9.17) is 9.47 Å². The highest BCUT2D eigenvalue weighted by Gasteiger charge is 2.31. The van der Waals surface area contributed by atoms with Crippen LogP contribution in [0.3, 0.4) is 0 Å². The van der Waals surface area contributed by atoms with E-state index in [0.29, 0.717) is 43.3 Å². The van der Waals surface area contributed by atoms with Crippen LogP contribution in [0.2, 0.25) is 0 Å². The third-order valence-corrected chi connectivity index (χ3v) is 5.66. The molecule has 36 heavy (non-hydrogen) atoms. The second-order valence-corrected chi connectivity index (χ2v) is 10.0. The fourth-order valence-corrected chi connectivity index (χ4v) is 3.94. The summed E-state index contributed by atoms with van der Waals surface area (Å²) in [6, 6.07) is 14.5. The smallest absolute Gasteiger partial charge is 0.254 e. The van der Waals surface area contributed by atoms with Crippen molar-refractivity contribution >= 4 is 11.8 Å². The predicted molar refractivity (Wildman–Crippen MR) is 139 cm³/mol. The molecule has 7 nitrogen and oxygen atoms in total. The second kappa shape index (κ2) is 12.1. The number of ether oxygens (including phenoxy) is 2. The zero-order valence-corrected chi connectivity index (χ0v) is 21.8. The lowest BCUT2D eigenvalue weighted by molar-refractivity contribution is -0.132. The van der Waals surface area contributed by atoms with Crippen LogP contribution in [0.4, 0.5) is 0 Å². The van der Waals surface area contributed by atoms with Crippen molar-refractivity contribution in [2.75, 3.05) is 33.3 Å². The summed E-state index contributed by atoms with van der Waals surface area (Å²) in [6.45, 7) is 9.05. The van der Waals surface area contributed by atoms with Gasteiger partial charge in [0, 0.05) is 30.8 Å². The van der Waals surface area contributed by atoms with E-state index in [9.17, 15) is 14.7 Å². The van der Waals surface area contributed by atoms with E-state index in [1.165, 1.54) is 0 Å². The fraction of sp³-hybridized carbons (Fsp3) is 0.448. The molecule has 192 valence electrons. The van der Waals surface area contributed by atoms with Crippen molar-refractivity contribution in [3.05, 3.63) is 65.2 Å². The molecular weight excluding hydrogens is 456 g/mol. The van der Waals surface area contributed by atoms with Gasteiger partial charge < -0.3 is 24.4 Å². The number of amides is 2. The SMILES string of the molecule is COc1cccc(COC2CN(CC(C)C)C(=O)CN(C(=O)c3ccc(C#CC(C)(C)O)cc3)C2)c1. The zero-order valence-electron chi connectivity index (χ0n) is 21.8. The molecule has 0 spiro atoms.